The van der Waals surface area contributed by atoms with Crippen molar-refractivity contribution in [1.29, 1.82) is 0 Å². The van der Waals surface area contributed by atoms with E-state index in [-0.39, 0.29) is 21.9 Å². The Labute approximate surface area is 115 Å². The molecule has 1 fully saturated rings. The van der Waals surface area contributed by atoms with E-state index in [0.717, 1.165) is 37.0 Å². The van der Waals surface area contributed by atoms with Gasteiger partial charge in [-0.2, -0.15) is 0 Å². The van der Waals surface area contributed by atoms with Crippen molar-refractivity contribution in [2.75, 3.05) is 0 Å². The molecule has 106 valence electrons. The number of thiophene rings is 1. The Morgan fingerprint density at radius 1 is 1.42 bits per heavy atom. The fourth-order valence-electron chi connectivity index (χ4n) is 2.13. The van der Waals surface area contributed by atoms with Gasteiger partial charge < -0.3 is 10.8 Å². The van der Waals surface area contributed by atoms with Crippen molar-refractivity contribution in [3.05, 3.63) is 17.0 Å². The van der Waals surface area contributed by atoms with Crippen LogP contribution in [0.5, 0.6) is 0 Å². The topological polar surface area (TPSA) is 109 Å². The molecule has 2 unspecified atom stereocenters. The molecule has 4 N–H and O–H groups in total. The third kappa shape index (κ3) is 3.33. The second kappa shape index (κ2) is 5.58. The Balaban J connectivity index is 2.15. The zero-order valence-corrected chi connectivity index (χ0v) is 11.8. The first-order valence-corrected chi connectivity index (χ1v) is 8.36. The van der Waals surface area contributed by atoms with Gasteiger partial charge in [0, 0.05) is 17.5 Å². The molecule has 1 saturated carbocycles. The van der Waals surface area contributed by atoms with Crippen molar-refractivity contribution in [3.8, 4) is 0 Å². The smallest absolute Gasteiger partial charge is 0.336 e. The number of nitrogens with one attached hydrogen (secondary N) is 1. The van der Waals surface area contributed by atoms with Gasteiger partial charge in [0.1, 0.15) is 4.21 Å². The largest absolute Gasteiger partial charge is 0.478 e. The van der Waals surface area contributed by atoms with Crippen LogP contribution in [-0.2, 0) is 10.0 Å². The van der Waals surface area contributed by atoms with Crippen LogP contribution in [0.15, 0.2) is 15.7 Å². The van der Waals surface area contributed by atoms with Gasteiger partial charge >= 0.3 is 5.97 Å². The summed E-state index contributed by atoms with van der Waals surface area (Å²) in [7, 11) is -3.68. The van der Waals surface area contributed by atoms with Gasteiger partial charge in [0.25, 0.3) is 0 Å². The number of carboxylic acid groups (broad SMARTS) is 1. The molecule has 2 rings (SSSR count). The Hall–Kier alpha value is -0.960. The van der Waals surface area contributed by atoms with Gasteiger partial charge in [0.2, 0.25) is 10.0 Å². The van der Waals surface area contributed by atoms with Crippen LogP contribution in [0.4, 0.5) is 0 Å². The minimum Gasteiger partial charge on any atom is -0.478 e. The van der Waals surface area contributed by atoms with Gasteiger partial charge in [-0.1, -0.05) is 12.8 Å². The normalized spacial score (nSPS) is 24.3. The van der Waals surface area contributed by atoms with Crippen molar-refractivity contribution >= 4 is 27.3 Å². The molecule has 19 heavy (non-hydrogen) atoms. The van der Waals surface area contributed by atoms with E-state index in [4.69, 9.17) is 10.8 Å². The van der Waals surface area contributed by atoms with Crippen LogP contribution in [0.3, 0.4) is 0 Å². The lowest BCUT2D eigenvalue weighted by molar-refractivity contribution is 0.0697. The molecule has 0 amide bonds. The number of carboxylic acids is 1. The average molecular weight is 304 g/mol. The Bertz CT molecular complexity index is 567. The van der Waals surface area contributed by atoms with Crippen molar-refractivity contribution < 1.29 is 18.3 Å². The quantitative estimate of drug-likeness (QED) is 0.768. The van der Waals surface area contributed by atoms with Crippen molar-refractivity contribution in [3.63, 3.8) is 0 Å². The van der Waals surface area contributed by atoms with Crippen LogP contribution >= 0.6 is 11.3 Å². The third-order valence-electron chi connectivity index (χ3n) is 3.21. The zero-order valence-electron chi connectivity index (χ0n) is 10.2. The minimum atomic E-state index is -3.68. The molecule has 6 nitrogen and oxygen atoms in total. The number of hydrogen-bond acceptors (Lipinski definition) is 5. The van der Waals surface area contributed by atoms with Crippen molar-refractivity contribution in [2.24, 2.45) is 5.73 Å². The Kier molecular flexibility index (Phi) is 4.24. The predicted molar refractivity (Wildman–Crippen MR) is 71.8 cm³/mol. The van der Waals surface area contributed by atoms with Gasteiger partial charge in [-0.15, -0.1) is 11.3 Å². The van der Waals surface area contributed by atoms with E-state index in [1.807, 2.05) is 0 Å². The number of sulfonamides is 1. The molecule has 0 spiro atoms. The second-order valence-electron chi connectivity index (χ2n) is 4.64. The SMILES string of the molecule is NC1CCCCC1NS(=O)(=O)c1cc(C(=O)O)cs1. The lowest BCUT2D eigenvalue weighted by Crippen LogP contribution is -2.49. The molecule has 0 aliphatic heterocycles. The standard InChI is InChI=1S/C11H16N2O4S2/c12-8-3-1-2-4-9(8)13-19(16,17)10-5-7(6-18-10)11(14)15/h5-6,8-9,13H,1-4,12H2,(H,14,15). The molecule has 0 bridgehead atoms. The van der Waals surface area contributed by atoms with E-state index < -0.39 is 16.0 Å². The number of nitrogens with two attached hydrogens (primary N) is 1. The Morgan fingerprint density at radius 2 is 2.11 bits per heavy atom. The maximum atomic E-state index is 12.1. The first kappa shape index (κ1) is 14.4. The molecule has 1 heterocycles. The summed E-state index contributed by atoms with van der Waals surface area (Å²) in [6.45, 7) is 0. The number of carbonyl (C=O) groups is 1. The molecule has 1 aliphatic rings. The molecule has 1 aromatic heterocycles. The Morgan fingerprint density at radius 3 is 2.68 bits per heavy atom. The van der Waals surface area contributed by atoms with E-state index in [2.05, 4.69) is 4.72 Å². The molecule has 2 atom stereocenters. The average Bonchev–Trinajstić information content (AvgIpc) is 2.82. The highest BCUT2D eigenvalue weighted by Crippen LogP contribution is 2.23. The van der Waals surface area contributed by atoms with Crippen LogP contribution < -0.4 is 10.5 Å². The zero-order chi connectivity index (χ0) is 14.0. The summed E-state index contributed by atoms with van der Waals surface area (Å²) in [5.74, 6) is -1.13. The van der Waals surface area contributed by atoms with Crippen LogP contribution in [0.25, 0.3) is 0 Å². The number of hydrogen-bond donors (Lipinski definition) is 3. The summed E-state index contributed by atoms with van der Waals surface area (Å²) in [5, 5.41) is 10.1. The first-order chi connectivity index (χ1) is 8.90. The monoisotopic (exact) mass is 304 g/mol. The lowest BCUT2D eigenvalue weighted by atomic mass is 9.92. The van der Waals surface area contributed by atoms with Gasteiger partial charge in [0.15, 0.2) is 0 Å². The van der Waals surface area contributed by atoms with Crippen LogP contribution in [0.2, 0.25) is 0 Å². The molecule has 1 aliphatic carbocycles. The molecule has 8 heteroatoms. The van der Waals surface area contributed by atoms with E-state index >= 15 is 0 Å². The maximum Gasteiger partial charge on any atom is 0.336 e. The summed E-state index contributed by atoms with van der Waals surface area (Å²) >= 11 is 0.903. The fourth-order valence-corrected chi connectivity index (χ4v) is 4.62. The van der Waals surface area contributed by atoms with Crippen LogP contribution in [-0.4, -0.2) is 31.6 Å². The summed E-state index contributed by atoms with van der Waals surface area (Å²) in [4.78, 5) is 10.8. The summed E-state index contributed by atoms with van der Waals surface area (Å²) in [6.07, 6.45) is 3.49. The highest BCUT2D eigenvalue weighted by atomic mass is 32.2. The number of rotatable bonds is 4. The number of aromatic carboxylic acids is 1. The van der Waals surface area contributed by atoms with Crippen LogP contribution in [0, 0.1) is 0 Å². The first-order valence-electron chi connectivity index (χ1n) is 6.00. The molecule has 0 saturated heterocycles. The van der Waals surface area contributed by atoms with E-state index in [0.29, 0.717) is 0 Å². The lowest BCUT2D eigenvalue weighted by Gasteiger charge is -2.28. The van der Waals surface area contributed by atoms with Crippen molar-refractivity contribution in [2.45, 2.75) is 42.0 Å². The minimum absolute atomic E-state index is 0.0154. The van der Waals surface area contributed by atoms with E-state index in [1.54, 1.807) is 0 Å². The summed E-state index contributed by atoms with van der Waals surface area (Å²) in [6, 6.07) is 0.723. The van der Waals surface area contributed by atoms with Gasteiger partial charge in [-0.25, -0.2) is 17.9 Å². The fraction of sp³-hybridized carbons (Fsp3) is 0.545. The van der Waals surface area contributed by atoms with Gasteiger partial charge in [0.05, 0.1) is 5.56 Å². The van der Waals surface area contributed by atoms with E-state index in [1.165, 1.54) is 11.4 Å². The summed E-state index contributed by atoms with van der Waals surface area (Å²) < 4.78 is 26.9. The predicted octanol–water partition coefficient (Wildman–Crippen LogP) is 0.994. The second-order valence-corrected chi connectivity index (χ2v) is 7.49. The van der Waals surface area contributed by atoms with Crippen molar-refractivity contribution in [1.82, 2.24) is 4.72 Å². The van der Waals surface area contributed by atoms with E-state index in [9.17, 15) is 13.2 Å². The molecular formula is C11H16N2O4S2. The van der Waals surface area contributed by atoms with Gasteiger partial charge in [-0.3, -0.25) is 0 Å². The molecular weight excluding hydrogens is 288 g/mol. The third-order valence-corrected chi connectivity index (χ3v) is 6.14. The highest BCUT2D eigenvalue weighted by Gasteiger charge is 2.28. The van der Waals surface area contributed by atoms with Crippen LogP contribution in [0.1, 0.15) is 36.0 Å². The molecule has 0 aromatic carbocycles. The molecule has 1 aromatic rings. The molecule has 0 radical (unpaired) electrons. The highest BCUT2D eigenvalue weighted by molar-refractivity contribution is 7.91. The maximum absolute atomic E-state index is 12.1. The summed E-state index contributed by atoms with van der Waals surface area (Å²) in [5.41, 5.74) is 5.88. The van der Waals surface area contributed by atoms with Gasteiger partial charge in [-0.05, 0) is 18.9 Å².